The first-order valence-corrected chi connectivity index (χ1v) is 19.1. The van der Waals surface area contributed by atoms with Gasteiger partial charge in [0.25, 0.3) is 0 Å². The summed E-state index contributed by atoms with van der Waals surface area (Å²) in [6, 6.07) is 22.3. The van der Waals surface area contributed by atoms with E-state index in [0.717, 1.165) is 94.5 Å². The molecule has 278 valence electrons. The average molecular weight is 711 g/mol. The van der Waals surface area contributed by atoms with Gasteiger partial charge in [0.15, 0.2) is 0 Å². The van der Waals surface area contributed by atoms with Gasteiger partial charge in [-0.2, -0.15) is 0 Å². The van der Waals surface area contributed by atoms with Crippen LogP contribution in [0.4, 0.5) is 10.5 Å². The third-order valence-corrected chi connectivity index (χ3v) is 10.5. The summed E-state index contributed by atoms with van der Waals surface area (Å²) in [4.78, 5) is 32.1. The molecule has 10 heteroatoms. The standard InChI is InChI=1S/C42H54N4O6/c1-30-12-14-31(15-13-30)28-46(42(50)52-39-29-45-23-20-32(39)21-24-45)33-10-9-11-34(26-33)51-25-8-6-4-2-3-5-7-22-43-27-38(48)35-16-18-37(47)41-36(35)17-19-40(49)44-41/h9-19,26,32,38-39,43,47-48H,2-8,20-25,27-29H2,1H3,(H,44,49)/t38-,39-/m0/s1. The lowest BCUT2D eigenvalue weighted by Gasteiger charge is -2.44. The molecule has 52 heavy (non-hydrogen) atoms. The fourth-order valence-electron chi connectivity index (χ4n) is 7.44. The number of hydrogen-bond donors (Lipinski definition) is 4. The molecular weight excluding hydrogens is 656 g/mol. The molecule has 0 spiro atoms. The second-order valence-electron chi connectivity index (χ2n) is 14.5. The van der Waals surface area contributed by atoms with Crippen LogP contribution < -0.4 is 20.5 Å². The van der Waals surface area contributed by atoms with Crippen molar-refractivity contribution in [3.8, 4) is 11.5 Å². The van der Waals surface area contributed by atoms with Gasteiger partial charge in [-0.25, -0.2) is 4.79 Å². The lowest BCUT2D eigenvalue weighted by molar-refractivity contribution is -0.0311. The van der Waals surface area contributed by atoms with Crippen molar-refractivity contribution in [3.63, 3.8) is 0 Å². The minimum Gasteiger partial charge on any atom is -0.506 e. The molecule has 4 N–H and O–H groups in total. The maximum absolute atomic E-state index is 13.7. The van der Waals surface area contributed by atoms with Gasteiger partial charge in [-0.05, 0) is 93.6 Å². The number of phenolic OH excluding ortho intramolecular Hbond substituents is 1. The van der Waals surface area contributed by atoms with Crippen LogP contribution in [0.15, 0.2) is 77.6 Å². The number of hydrogen-bond acceptors (Lipinski definition) is 8. The van der Waals surface area contributed by atoms with Crippen molar-refractivity contribution in [2.75, 3.05) is 44.2 Å². The van der Waals surface area contributed by atoms with E-state index in [4.69, 9.17) is 9.47 Å². The molecule has 1 amide bonds. The zero-order chi connectivity index (χ0) is 36.3. The summed E-state index contributed by atoms with van der Waals surface area (Å²) < 4.78 is 12.3. The lowest BCUT2D eigenvalue weighted by atomic mass is 9.86. The SMILES string of the molecule is Cc1ccc(CN(C(=O)O[C@H]2CN3CCC2CC3)c2cccc(OCCCCCCCCCNC[C@H](O)c3ccc(O)c4[nH]c(=O)ccc34)c2)cc1. The van der Waals surface area contributed by atoms with E-state index in [-0.39, 0.29) is 23.5 Å². The van der Waals surface area contributed by atoms with E-state index in [9.17, 15) is 19.8 Å². The van der Waals surface area contributed by atoms with Crippen LogP contribution in [0.2, 0.25) is 0 Å². The van der Waals surface area contributed by atoms with Crippen molar-refractivity contribution >= 4 is 22.7 Å². The Kier molecular flexibility index (Phi) is 13.2. The van der Waals surface area contributed by atoms with Gasteiger partial charge in [-0.3, -0.25) is 14.6 Å². The van der Waals surface area contributed by atoms with Gasteiger partial charge >= 0.3 is 6.09 Å². The normalized spacial score (nSPS) is 18.7. The number of unbranched alkanes of at least 4 members (excludes halogenated alkanes) is 6. The number of ether oxygens (including phenoxy) is 2. The number of benzene rings is 3. The Morgan fingerprint density at radius 3 is 2.46 bits per heavy atom. The molecule has 0 unspecified atom stereocenters. The number of carbonyl (C=O) groups is 1. The van der Waals surface area contributed by atoms with Crippen LogP contribution >= 0.6 is 0 Å². The molecule has 1 aromatic heterocycles. The van der Waals surface area contributed by atoms with Crippen LogP contribution in [-0.2, 0) is 11.3 Å². The Labute approximate surface area is 306 Å². The number of aromatic hydroxyl groups is 1. The van der Waals surface area contributed by atoms with Gasteiger partial charge in [-0.1, -0.05) is 74.1 Å². The third-order valence-electron chi connectivity index (χ3n) is 10.5. The Bertz CT molecular complexity index is 1800. The van der Waals surface area contributed by atoms with Gasteiger partial charge in [0.2, 0.25) is 5.56 Å². The Hall–Kier alpha value is -4.38. The number of phenols is 1. The van der Waals surface area contributed by atoms with E-state index in [2.05, 4.69) is 46.4 Å². The third kappa shape index (κ3) is 10.1. The van der Waals surface area contributed by atoms with E-state index in [1.165, 1.54) is 24.1 Å². The number of aromatic nitrogens is 1. The monoisotopic (exact) mass is 710 g/mol. The van der Waals surface area contributed by atoms with E-state index in [1.807, 2.05) is 24.3 Å². The molecule has 2 atom stereocenters. The Morgan fingerprint density at radius 2 is 1.71 bits per heavy atom. The molecule has 0 saturated carbocycles. The number of rotatable bonds is 18. The first kappa shape index (κ1) is 37.4. The summed E-state index contributed by atoms with van der Waals surface area (Å²) in [6.45, 7) is 7.37. The summed E-state index contributed by atoms with van der Waals surface area (Å²) in [5.41, 5.74) is 3.74. The van der Waals surface area contributed by atoms with E-state index < -0.39 is 6.10 Å². The van der Waals surface area contributed by atoms with Crippen LogP contribution in [0, 0.1) is 12.8 Å². The van der Waals surface area contributed by atoms with Crippen LogP contribution in [0.1, 0.15) is 80.6 Å². The number of nitrogens with zero attached hydrogens (tertiary/aromatic N) is 2. The highest BCUT2D eigenvalue weighted by atomic mass is 16.6. The number of aliphatic hydroxyl groups is 1. The number of nitrogens with one attached hydrogen (secondary N) is 2. The Morgan fingerprint density at radius 1 is 0.962 bits per heavy atom. The van der Waals surface area contributed by atoms with Gasteiger partial charge in [0.05, 0.1) is 30.5 Å². The first-order chi connectivity index (χ1) is 25.3. The summed E-state index contributed by atoms with van der Waals surface area (Å²) in [7, 11) is 0. The first-order valence-electron chi connectivity index (χ1n) is 19.1. The number of pyridine rings is 1. The number of amides is 1. The second-order valence-corrected chi connectivity index (χ2v) is 14.5. The van der Waals surface area contributed by atoms with Gasteiger partial charge < -0.3 is 30.0 Å². The molecule has 0 radical (unpaired) electrons. The molecule has 3 aromatic carbocycles. The van der Waals surface area contributed by atoms with Gasteiger partial charge in [-0.15, -0.1) is 0 Å². The number of carbonyl (C=O) groups excluding carboxylic acids is 1. The maximum atomic E-state index is 13.7. The molecule has 4 heterocycles. The van der Waals surface area contributed by atoms with E-state index in [0.29, 0.717) is 42.1 Å². The van der Waals surface area contributed by atoms with Crippen molar-refractivity contribution in [3.05, 3.63) is 99.8 Å². The molecule has 0 aliphatic carbocycles. The quantitative estimate of drug-likeness (QED) is 0.0799. The molecule has 3 aliphatic heterocycles. The van der Waals surface area contributed by atoms with Crippen molar-refractivity contribution in [1.82, 2.24) is 15.2 Å². The highest BCUT2D eigenvalue weighted by molar-refractivity contribution is 5.88. The smallest absolute Gasteiger partial charge is 0.414 e. The molecule has 2 bridgehead atoms. The number of aliphatic hydroxyl groups excluding tert-OH is 1. The molecule has 7 rings (SSSR count). The molecule has 4 aromatic rings. The second kappa shape index (κ2) is 18.4. The lowest BCUT2D eigenvalue weighted by Crippen LogP contribution is -2.53. The van der Waals surface area contributed by atoms with Crippen molar-refractivity contribution < 1.29 is 24.5 Å². The van der Waals surface area contributed by atoms with E-state index in [1.54, 1.807) is 17.0 Å². The number of H-pyrrole nitrogens is 1. The predicted molar refractivity (Wildman–Crippen MR) is 205 cm³/mol. The van der Waals surface area contributed by atoms with Crippen LogP contribution in [-0.4, -0.2) is 71.6 Å². The van der Waals surface area contributed by atoms with Gasteiger partial charge in [0.1, 0.15) is 17.6 Å². The number of aryl methyl sites for hydroxylation is 1. The highest BCUT2D eigenvalue weighted by Crippen LogP contribution is 2.32. The van der Waals surface area contributed by atoms with Crippen molar-refractivity contribution in [1.29, 1.82) is 0 Å². The highest BCUT2D eigenvalue weighted by Gasteiger charge is 2.37. The van der Waals surface area contributed by atoms with Crippen molar-refractivity contribution in [2.45, 2.75) is 83.5 Å². The molecular formula is C42H54N4O6. The average Bonchev–Trinajstić information content (AvgIpc) is 3.16. The predicted octanol–water partition coefficient (Wildman–Crippen LogP) is 7.21. The van der Waals surface area contributed by atoms with E-state index >= 15 is 0 Å². The largest absolute Gasteiger partial charge is 0.506 e. The summed E-state index contributed by atoms with van der Waals surface area (Å²) in [6.07, 6.45) is 8.80. The van der Waals surface area contributed by atoms with Crippen LogP contribution in [0.3, 0.4) is 0 Å². The molecule has 3 saturated heterocycles. The van der Waals surface area contributed by atoms with Crippen molar-refractivity contribution in [2.24, 2.45) is 5.92 Å². The number of anilines is 1. The summed E-state index contributed by atoms with van der Waals surface area (Å²) >= 11 is 0. The fraction of sp³-hybridized carbons (Fsp3) is 0.476. The number of aromatic amines is 1. The number of piperidine rings is 3. The van der Waals surface area contributed by atoms with Crippen LogP contribution in [0.5, 0.6) is 11.5 Å². The minimum atomic E-state index is -0.743. The van der Waals surface area contributed by atoms with Crippen LogP contribution in [0.25, 0.3) is 10.9 Å². The zero-order valence-corrected chi connectivity index (χ0v) is 30.4. The topological polar surface area (TPSA) is 127 Å². The minimum absolute atomic E-state index is 0.00904. The summed E-state index contributed by atoms with van der Waals surface area (Å²) in [5.74, 6) is 1.20. The Balaban J connectivity index is 0.879. The summed E-state index contributed by atoms with van der Waals surface area (Å²) in [5, 5.41) is 24.8. The molecule has 10 nitrogen and oxygen atoms in total. The number of fused-ring (bicyclic) bond motifs is 4. The van der Waals surface area contributed by atoms with Gasteiger partial charge in [0, 0.05) is 30.6 Å². The zero-order valence-electron chi connectivity index (χ0n) is 30.4. The maximum Gasteiger partial charge on any atom is 0.414 e. The molecule has 3 aliphatic rings. The molecule has 3 fully saturated rings. The fourth-order valence-corrected chi connectivity index (χ4v) is 7.44.